The van der Waals surface area contributed by atoms with Gasteiger partial charge < -0.3 is 12.4 Å². The molecule has 0 saturated heterocycles. The Morgan fingerprint density at radius 1 is 1.25 bits per heavy atom. The summed E-state index contributed by atoms with van der Waals surface area (Å²) in [4.78, 5) is 0. The topological polar surface area (TPSA) is 26.0 Å². The van der Waals surface area contributed by atoms with Gasteiger partial charge in [0.1, 0.15) is 18.6 Å². The molecule has 0 aliphatic rings. The highest BCUT2D eigenvalue weighted by molar-refractivity contribution is 4.67. The van der Waals surface area contributed by atoms with E-state index in [1.165, 1.54) is 0 Å². The Bertz CT molecular complexity index is 124. The van der Waals surface area contributed by atoms with Crippen molar-refractivity contribution in [2.75, 3.05) is 6.54 Å². The minimum atomic E-state index is 0. The summed E-state index contributed by atoms with van der Waals surface area (Å²) in [5.74, 6) is 6.16. The Morgan fingerprint density at radius 2 is 1.58 bits per heavy atom. The van der Waals surface area contributed by atoms with E-state index in [9.17, 15) is 0 Å². The van der Waals surface area contributed by atoms with Gasteiger partial charge in [-0.25, -0.2) is 4.59 Å². The van der Waals surface area contributed by atoms with Crippen LogP contribution in [0.1, 0.15) is 27.7 Å². The average molecular weight is 193 g/mol. The first kappa shape index (κ1) is 14.5. The van der Waals surface area contributed by atoms with Crippen molar-refractivity contribution < 1.29 is 17.0 Å². The monoisotopic (exact) mass is 192 g/mol. The zero-order valence-corrected chi connectivity index (χ0v) is 9.30. The summed E-state index contributed by atoms with van der Waals surface area (Å²) in [6, 6.07) is 0.904. The van der Waals surface area contributed by atoms with Gasteiger partial charge in [-0.3, -0.25) is 0 Å². The predicted molar refractivity (Wildman–Crippen MR) is 49.8 cm³/mol. The molecule has 0 amide bonds. The fraction of sp³-hybridized carbons (Fsp3) is 0.778. The van der Waals surface area contributed by atoms with E-state index >= 15 is 0 Å². The lowest BCUT2D eigenvalue weighted by Gasteiger charge is -2.39. The number of quaternary nitrogens is 1. The van der Waals surface area contributed by atoms with Crippen LogP contribution in [0.15, 0.2) is 12.7 Å². The third-order valence-corrected chi connectivity index (χ3v) is 2.37. The summed E-state index contributed by atoms with van der Waals surface area (Å²) in [6.07, 6.45) is 1.89. The highest BCUT2D eigenvalue weighted by Crippen LogP contribution is 2.11. The Balaban J connectivity index is 0. The van der Waals surface area contributed by atoms with Crippen LogP contribution < -0.4 is 18.2 Å². The van der Waals surface area contributed by atoms with Crippen molar-refractivity contribution in [1.29, 1.82) is 0 Å². The quantitative estimate of drug-likeness (QED) is 0.255. The molecule has 2 N–H and O–H groups in total. The van der Waals surface area contributed by atoms with Gasteiger partial charge in [0.25, 0.3) is 0 Å². The van der Waals surface area contributed by atoms with Crippen molar-refractivity contribution in [3.63, 3.8) is 0 Å². The molecule has 0 aromatic carbocycles. The summed E-state index contributed by atoms with van der Waals surface area (Å²) in [6.45, 7) is 13.1. The first-order chi connectivity index (χ1) is 4.95. The van der Waals surface area contributed by atoms with Gasteiger partial charge in [0.05, 0.1) is 0 Å². The van der Waals surface area contributed by atoms with E-state index in [0.29, 0.717) is 16.7 Å². The third kappa shape index (κ3) is 3.13. The second kappa shape index (κ2) is 5.57. The van der Waals surface area contributed by atoms with Gasteiger partial charge in [0.15, 0.2) is 0 Å². The molecule has 0 saturated carbocycles. The van der Waals surface area contributed by atoms with E-state index < -0.39 is 0 Å². The van der Waals surface area contributed by atoms with Gasteiger partial charge in [0, 0.05) is 0 Å². The van der Waals surface area contributed by atoms with Crippen molar-refractivity contribution in [2.45, 2.75) is 39.8 Å². The molecule has 0 radical (unpaired) electrons. The maximum Gasteiger partial charge on any atom is 0.115 e. The van der Waals surface area contributed by atoms with Gasteiger partial charge in [0.2, 0.25) is 0 Å². The highest BCUT2D eigenvalue weighted by atomic mass is 35.5. The van der Waals surface area contributed by atoms with Crippen LogP contribution in [0.4, 0.5) is 0 Å². The number of hydrogen-bond donors (Lipinski definition) is 1. The zero-order valence-electron chi connectivity index (χ0n) is 8.55. The third-order valence-electron chi connectivity index (χ3n) is 2.37. The number of nitrogens with two attached hydrogens (primary N) is 1. The first-order valence-electron chi connectivity index (χ1n) is 4.22. The van der Waals surface area contributed by atoms with Crippen LogP contribution in [-0.2, 0) is 0 Å². The summed E-state index contributed by atoms with van der Waals surface area (Å²) in [5.41, 5.74) is 0. The molecule has 12 heavy (non-hydrogen) atoms. The minimum Gasteiger partial charge on any atom is -1.00 e. The van der Waals surface area contributed by atoms with Gasteiger partial charge in [-0.15, -0.1) is 0 Å². The van der Waals surface area contributed by atoms with Crippen LogP contribution >= 0.6 is 0 Å². The van der Waals surface area contributed by atoms with E-state index in [-0.39, 0.29) is 12.4 Å². The molecule has 0 atom stereocenters. The Labute approximate surface area is 82.4 Å². The molecule has 74 valence electrons. The van der Waals surface area contributed by atoms with Gasteiger partial charge >= 0.3 is 0 Å². The summed E-state index contributed by atoms with van der Waals surface area (Å²) in [7, 11) is 0. The van der Waals surface area contributed by atoms with Crippen molar-refractivity contribution in [3.05, 3.63) is 12.7 Å². The lowest BCUT2D eigenvalue weighted by atomic mass is 10.2. The van der Waals surface area contributed by atoms with Crippen LogP contribution in [0.3, 0.4) is 0 Å². The molecule has 2 nitrogen and oxygen atoms in total. The van der Waals surface area contributed by atoms with Crippen molar-refractivity contribution in [2.24, 2.45) is 5.84 Å². The van der Waals surface area contributed by atoms with Gasteiger partial charge in [-0.1, -0.05) is 6.58 Å². The lowest BCUT2D eigenvalue weighted by molar-refractivity contribution is -0.973. The fourth-order valence-electron chi connectivity index (χ4n) is 1.24. The number of hydrogen-bond acceptors (Lipinski definition) is 1. The van der Waals surface area contributed by atoms with Crippen molar-refractivity contribution >= 4 is 0 Å². The molecule has 3 heteroatoms. The van der Waals surface area contributed by atoms with Crippen LogP contribution in [0.5, 0.6) is 0 Å². The normalized spacial score (nSPS) is 11.6. The number of halogens is 1. The highest BCUT2D eigenvalue weighted by Gasteiger charge is 2.29. The Morgan fingerprint density at radius 3 is 1.67 bits per heavy atom. The maximum atomic E-state index is 6.16. The molecule has 0 unspecified atom stereocenters. The van der Waals surface area contributed by atoms with Crippen molar-refractivity contribution in [1.82, 2.24) is 0 Å². The number of nitrogens with zero attached hydrogens (tertiary/aromatic N) is 1. The van der Waals surface area contributed by atoms with E-state index in [0.717, 1.165) is 6.54 Å². The zero-order chi connectivity index (χ0) is 9.07. The fourth-order valence-corrected chi connectivity index (χ4v) is 1.24. The van der Waals surface area contributed by atoms with E-state index in [4.69, 9.17) is 5.84 Å². The van der Waals surface area contributed by atoms with Crippen LogP contribution in [-0.4, -0.2) is 23.2 Å². The van der Waals surface area contributed by atoms with Crippen LogP contribution in [0.25, 0.3) is 0 Å². The van der Waals surface area contributed by atoms with Gasteiger partial charge in [-0.05, 0) is 33.8 Å². The smallest absolute Gasteiger partial charge is 0.115 e. The van der Waals surface area contributed by atoms with Gasteiger partial charge in [-0.2, -0.15) is 5.84 Å². The minimum absolute atomic E-state index is 0. The lowest BCUT2D eigenvalue weighted by Crippen LogP contribution is -3.00. The summed E-state index contributed by atoms with van der Waals surface area (Å²) < 4.78 is 0.587. The van der Waals surface area contributed by atoms with Crippen LogP contribution in [0.2, 0.25) is 0 Å². The van der Waals surface area contributed by atoms with E-state index in [1.54, 1.807) is 0 Å². The second-order valence-corrected chi connectivity index (χ2v) is 3.65. The molecule has 0 aromatic heterocycles. The van der Waals surface area contributed by atoms with E-state index in [2.05, 4.69) is 34.3 Å². The van der Waals surface area contributed by atoms with E-state index in [1.807, 2.05) is 6.08 Å². The Kier molecular flexibility index (Phi) is 6.72. The van der Waals surface area contributed by atoms with Crippen LogP contribution in [0, 0.1) is 0 Å². The number of rotatable bonds is 4. The summed E-state index contributed by atoms with van der Waals surface area (Å²) in [5, 5.41) is 0. The SMILES string of the molecule is C=CC[N+](N)(C(C)C)C(C)C.[Cl-]. The first-order valence-corrected chi connectivity index (χ1v) is 4.22. The standard InChI is InChI=1S/C9H21N2.ClH/c1-6-7-11(10,8(2)3)9(4)5;/h6,8-9H,1,7,10H2,2-5H3;1H/q+1;/p-1. The molecule has 0 spiro atoms. The molecule has 0 rings (SSSR count). The largest absolute Gasteiger partial charge is 1.00 e. The molecule has 0 aromatic rings. The molecule has 0 fully saturated rings. The summed E-state index contributed by atoms with van der Waals surface area (Å²) >= 11 is 0. The molecule has 0 aliphatic heterocycles. The molecule has 0 aliphatic carbocycles. The molecular weight excluding hydrogens is 172 g/mol. The average Bonchev–Trinajstić information content (AvgIpc) is 1.87. The molecule has 0 heterocycles. The maximum absolute atomic E-state index is 6.16. The predicted octanol–water partition coefficient (Wildman–Crippen LogP) is -1.32. The Hall–Kier alpha value is -0.0500. The van der Waals surface area contributed by atoms with Crippen molar-refractivity contribution in [3.8, 4) is 0 Å². The molecular formula is C9H21ClN2. The second-order valence-electron chi connectivity index (χ2n) is 3.65. The molecule has 0 bridgehead atoms.